The summed E-state index contributed by atoms with van der Waals surface area (Å²) in [5.74, 6) is 0.867. The van der Waals surface area contributed by atoms with Crippen LogP contribution in [0.2, 0.25) is 0 Å². The van der Waals surface area contributed by atoms with Gasteiger partial charge in [-0.1, -0.05) is 135 Å². The minimum absolute atomic E-state index is 0.0157. The Morgan fingerprint density at radius 1 is 0.744 bits per heavy atom. The van der Waals surface area contributed by atoms with E-state index < -0.39 is 12.5 Å². The van der Waals surface area contributed by atoms with Gasteiger partial charge in [-0.05, 0) is 26.1 Å². The Hall–Kier alpha value is -2.07. The molecule has 0 saturated heterocycles. The maximum absolute atomic E-state index is 10.6. The van der Waals surface area contributed by atoms with Crippen molar-refractivity contribution in [3.63, 3.8) is 0 Å². The number of aliphatic hydroxyl groups excluding tert-OH is 2. The SMILES string of the molecule is CC.CCC.CCCCCCNCCNCC.CCNC(O)CNC(O)C1=NC2C=CC=CC2N1CC1C=CC=CC=C1. The predicted octanol–water partition coefficient (Wildman–Crippen LogP) is 4.91. The number of likely N-dealkylation sites (N-methyl/N-ethyl adjacent to an activating group) is 2. The van der Waals surface area contributed by atoms with Crippen LogP contribution in [0.15, 0.2) is 65.8 Å². The fourth-order valence-electron chi connectivity index (χ4n) is 4.55. The molecule has 0 bridgehead atoms. The molecule has 1 aliphatic heterocycles. The summed E-state index contributed by atoms with van der Waals surface area (Å²) in [5, 5.41) is 33.1. The quantitative estimate of drug-likeness (QED) is 0.104. The number of nitrogens with one attached hydrogen (secondary N) is 4. The van der Waals surface area contributed by atoms with Crippen molar-refractivity contribution in [2.75, 3.05) is 45.8 Å². The lowest BCUT2D eigenvalue weighted by Gasteiger charge is -2.32. The minimum atomic E-state index is -0.924. The van der Waals surface area contributed by atoms with Gasteiger partial charge < -0.3 is 25.7 Å². The van der Waals surface area contributed by atoms with Crippen LogP contribution >= 0.6 is 0 Å². The third-order valence-electron chi connectivity index (χ3n) is 6.60. The minimum Gasteiger partial charge on any atom is -0.377 e. The van der Waals surface area contributed by atoms with Crippen LogP contribution in [0.3, 0.4) is 0 Å². The Labute approximate surface area is 264 Å². The molecule has 43 heavy (non-hydrogen) atoms. The first kappa shape index (κ1) is 40.9. The van der Waals surface area contributed by atoms with Crippen LogP contribution in [0.1, 0.15) is 80.6 Å². The van der Waals surface area contributed by atoms with Crippen LogP contribution < -0.4 is 21.3 Å². The van der Waals surface area contributed by atoms with E-state index in [1.54, 1.807) is 0 Å². The first-order chi connectivity index (χ1) is 21.0. The normalized spacial score (nSPS) is 19.7. The molecule has 0 aromatic rings. The molecule has 6 N–H and O–H groups in total. The lowest BCUT2D eigenvalue weighted by atomic mass is 10.0. The Kier molecular flexibility index (Phi) is 27.3. The number of unbranched alkanes of at least 4 members (excludes halogenated alkanes) is 3. The maximum atomic E-state index is 10.6. The zero-order chi connectivity index (χ0) is 32.1. The van der Waals surface area contributed by atoms with E-state index in [-0.39, 0.29) is 24.5 Å². The zero-order valence-corrected chi connectivity index (χ0v) is 28.4. The summed E-state index contributed by atoms with van der Waals surface area (Å²) in [7, 11) is 0. The molecule has 0 spiro atoms. The number of aliphatic hydroxyl groups is 2. The van der Waals surface area contributed by atoms with E-state index in [1.807, 2.05) is 57.2 Å². The van der Waals surface area contributed by atoms with Gasteiger partial charge in [0.1, 0.15) is 12.1 Å². The highest BCUT2D eigenvalue weighted by Crippen LogP contribution is 2.26. The Balaban J connectivity index is 0.000000872. The molecular formula is C35H66N6O2. The lowest BCUT2D eigenvalue weighted by molar-refractivity contribution is 0.108. The number of nitrogens with zero attached hydrogens (tertiary/aromatic N) is 2. The fourth-order valence-corrected chi connectivity index (χ4v) is 4.55. The van der Waals surface area contributed by atoms with Crippen LogP contribution in [0.5, 0.6) is 0 Å². The van der Waals surface area contributed by atoms with E-state index >= 15 is 0 Å². The number of rotatable bonds is 17. The van der Waals surface area contributed by atoms with Crippen molar-refractivity contribution in [1.29, 1.82) is 0 Å². The van der Waals surface area contributed by atoms with Crippen molar-refractivity contribution >= 4 is 5.84 Å². The van der Waals surface area contributed by atoms with E-state index in [9.17, 15) is 10.2 Å². The summed E-state index contributed by atoms with van der Waals surface area (Å²) in [6.07, 6.45) is 25.7. The summed E-state index contributed by atoms with van der Waals surface area (Å²) in [6, 6.07) is 0.130. The van der Waals surface area contributed by atoms with Crippen LogP contribution in [0, 0.1) is 5.92 Å². The summed E-state index contributed by atoms with van der Waals surface area (Å²) in [5.41, 5.74) is 0. The van der Waals surface area contributed by atoms with E-state index in [0.29, 0.717) is 12.4 Å². The molecule has 8 nitrogen and oxygen atoms in total. The van der Waals surface area contributed by atoms with Crippen LogP contribution in [0.25, 0.3) is 0 Å². The van der Waals surface area contributed by atoms with Crippen molar-refractivity contribution in [3.8, 4) is 0 Å². The van der Waals surface area contributed by atoms with Crippen LogP contribution in [-0.2, 0) is 0 Å². The first-order valence-corrected chi connectivity index (χ1v) is 17.0. The van der Waals surface area contributed by atoms with Gasteiger partial charge in [-0.2, -0.15) is 0 Å². The molecule has 0 saturated carbocycles. The molecule has 0 fully saturated rings. The van der Waals surface area contributed by atoms with E-state index in [4.69, 9.17) is 4.99 Å². The maximum Gasteiger partial charge on any atom is 0.163 e. The van der Waals surface area contributed by atoms with Crippen molar-refractivity contribution in [2.45, 2.75) is 105 Å². The van der Waals surface area contributed by atoms with E-state index in [2.05, 4.69) is 78.2 Å². The van der Waals surface area contributed by atoms with Crippen molar-refractivity contribution in [2.24, 2.45) is 10.9 Å². The molecular weight excluding hydrogens is 536 g/mol. The van der Waals surface area contributed by atoms with Gasteiger partial charge in [0, 0.05) is 32.1 Å². The van der Waals surface area contributed by atoms with Gasteiger partial charge in [-0.15, -0.1) is 0 Å². The highest BCUT2D eigenvalue weighted by molar-refractivity contribution is 5.89. The molecule has 248 valence electrons. The average molecular weight is 603 g/mol. The number of allylic oxidation sites excluding steroid dienone is 6. The topological polar surface area (TPSA) is 104 Å². The van der Waals surface area contributed by atoms with Gasteiger partial charge >= 0.3 is 0 Å². The van der Waals surface area contributed by atoms with E-state index in [0.717, 1.165) is 26.2 Å². The summed E-state index contributed by atoms with van der Waals surface area (Å²) in [6.45, 7) is 20.7. The Morgan fingerprint density at radius 2 is 1.37 bits per heavy atom. The van der Waals surface area contributed by atoms with Gasteiger partial charge in [0.15, 0.2) is 6.23 Å². The van der Waals surface area contributed by atoms with Crippen molar-refractivity contribution < 1.29 is 10.2 Å². The number of fused-ring (bicyclic) bond motifs is 1. The number of amidine groups is 1. The second kappa shape index (κ2) is 28.7. The molecule has 0 aromatic heterocycles. The Morgan fingerprint density at radius 3 is 2.00 bits per heavy atom. The molecule has 3 aliphatic rings. The third kappa shape index (κ3) is 19.0. The molecule has 2 aliphatic carbocycles. The monoisotopic (exact) mass is 603 g/mol. The van der Waals surface area contributed by atoms with Crippen LogP contribution in [-0.4, -0.2) is 91.3 Å². The second-order valence-corrected chi connectivity index (χ2v) is 10.5. The third-order valence-corrected chi connectivity index (χ3v) is 6.60. The summed E-state index contributed by atoms with van der Waals surface area (Å²) in [4.78, 5) is 6.89. The molecule has 8 heteroatoms. The number of hydrogen-bond acceptors (Lipinski definition) is 8. The van der Waals surface area contributed by atoms with Crippen molar-refractivity contribution in [1.82, 2.24) is 26.2 Å². The zero-order valence-electron chi connectivity index (χ0n) is 28.4. The molecule has 1 heterocycles. The average Bonchev–Trinajstić information content (AvgIpc) is 3.18. The van der Waals surface area contributed by atoms with Gasteiger partial charge in [-0.25, -0.2) is 0 Å². The highest BCUT2D eigenvalue weighted by atomic mass is 16.3. The highest BCUT2D eigenvalue weighted by Gasteiger charge is 2.37. The Bertz CT molecular complexity index is 797. The van der Waals surface area contributed by atoms with Gasteiger partial charge in [0.05, 0.1) is 12.1 Å². The van der Waals surface area contributed by atoms with E-state index in [1.165, 1.54) is 38.6 Å². The molecule has 3 rings (SSSR count). The smallest absolute Gasteiger partial charge is 0.163 e. The molecule has 0 amide bonds. The molecule has 0 radical (unpaired) electrons. The van der Waals surface area contributed by atoms with Crippen molar-refractivity contribution in [3.05, 3.63) is 60.8 Å². The molecule has 4 unspecified atom stereocenters. The molecule has 0 aromatic carbocycles. The summed E-state index contributed by atoms with van der Waals surface area (Å²) < 4.78 is 0. The van der Waals surface area contributed by atoms with Gasteiger partial charge in [-0.3, -0.25) is 15.6 Å². The molecule has 4 atom stereocenters. The lowest BCUT2D eigenvalue weighted by Crippen LogP contribution is -2.51. The standard InChI is InChI=1S/C20H28N4O2.C10H24N2.C3H8.C2H6/c1-2-21-18(25)13-22-20(26)19-23-16-11-7-8-12-17(16)24(19)14-15-9-5-3-4-6-10-15;1-3-5-6-7-8-12-10-9-11-4-2;1-3-2;1-2/h3-12,15-18,20-22,25-26H,2,13-14H2,1H3;11-12H,3-10H2,1-2H3;3H2,1-2H3;1-2H3. The summed E-state index contributed by atoms with van der Waals surface area (Å²) >= 11 is 0. The first-order valence-electron chi connectivity index (χ1n) is 17.0. The predicted molar refractivity (Wildman–Crippen MR) is 187 cm³/mol. The van der Waals surface area contributed by atoms with Gasteiger partial charge in [0.25, 0.3) is 0 Å². The second-order valence-electron chi connectivity index (χ2n) is 10.5. The fraction of sp³-hybridized carbons (Fsp3) is 0.686. The number of hydrogen-bond donors (Lipinski definition) is 6. The largest absolute Gasteiger partial charge is 0.377 e. The number of aliphatic imine (C=N–C) groups is 1. The van der Waals surface area contributed by atoms with Gasteiger partial charge in [0.2, 0.25) is 0 Å². The van der Waals surface area contributed by atoms with Crippen LogP contribution in [0.4, 0.5) is 0 Å².